The van der Waals surface area contributed by atoms with Crippen molar-refractivity contribution < 1.29 is 44.4 Å². The number of carbonyl (C=O) groups excluding carboxylic acids is 5. The van der Waals surface area contributed by atoms with E-state index in [1.165, 1.54) is 4.90 Å². The molecule has 1 aliphatic heterocycles. The highest BCUT2D eigenvalue weighted by atomic mass is 16.3. The number of aliphatic hydroxyl groups excluding tert-OH is 2. The van der Waals surface area contributed by atoms with Crippen LogP contribution in [-0.2, 0) is 33.8 Å². The molecule has 12 nitrogen and oxygen atoms in total. The Morgan fingerprint density at radius 2 is 1.66 bits per heavy atom. The minimum Gasteiger partial charge on any atom is -0.508 e. The number of unbranched alkanes of at least 4 members (excludes halogenated alkanes) is 2. The lowest BCUT2D eigenvalue weighted by molar-refractivity contribution is -0.153. The molecule has 2 aromatic carbocycles. The van der Waals surface area contributed by atoms with Gasteiger partial charge < -0.3 is 26.2 Å². The van der Waals surface area contributed by atoms with Crippen molar-refractivity contribution in [1.29, 1.82) is 0 Å². The minimum atomic E-state index is -2.75. The summed E-state index contributed by atoms with van der Waals surface area (Å²) in [7, 11) is 3.10. The van der Waals surface area contributed by atoms with E-state index in [1.54, 1.807) is 44.4 Å². The van der Waals surface area contributed by atoms with Crippen LogP contribution >= 0.6 is 0 Å². The fourth-order valence-electron chi connectivity index (χ4n) is 7.91. The van der Waals surface area contributed by atoms with E-state index in [0.717, 1.165) is 29.7 Å². The number of amides is 3. The van der Waals surface area contributed by atoms with Gasteiger partial charge in [-0.05, 0) is 75.0 Å². The van der Waals surface area contributed by atoms with Crippen LogP contribution in [0.15, 0.2) is 47.2 Å². The van der Waals surface area contributed by atoms with Gasteiger partial charge in [0, 0.05) is 17.1 Å². The fraction of sp³-hybridized carbons (Fsp3) is 0.400. The number of hydrogen-bond donors (Lipinski definition) is 5. The third-order valence-electron chi connectivity index (χ3n) is 10.1. The number of rotatable bonds is 8. The molecular formula is C35H37N3O9. The lowest BCUT2D eigenvalue weighted by Crippen LogP contribution is -2.65. The molecule has 1 saturated carbocycles. The van der Waals surface area contributed by atoms with E-state index in [-0.39, 0.29) is 47.2 Å². The normalized spacial score (nSPS) is 25.3. The van der Waals surface area contributed by atoms with Gasteiger partial charge in [-0.1, -0.05) is 31.9 Å². The van der Waals surface area contributed by atoms with Crippen LogP contribution in [0.25, 0.3) is 5.76 Å². The number of aliphatic hydroxyl groups is 3. The van der Waals surface area contributed by atoms with E-state index in [9.17, 15) is 44.4 Å². The molecule has 4 unspecified atom stereocenters. The summed E-state index contributed by atoms with van der Waals surface area (Å²) >= 11 is 0. The average molecular weight is 644 g/mol. The zero-order valence-corrected chi connectivity index (χ0v) is 26.4. The van der Waals surface area contributed by atoms with E-state index < -0.39 is 75.6 Å². The maximum Gasteiger partial charge on any atom is 0.261 e. The first-order valence-corrected chi connectivity index (χ1v) is 15.7. The number of likely N-dealkylation sites (N-methyl/N-ethyl adjacent to an activating group) is 1. The first kappa shape index (κ1) is 32.1. The number of benzene rings is 2. The number of phenols is 1. The Labute approximate surface area is 270 Å². The molecule has 12 heteroatoms. The van der Waals surface area contributed by atoms with Crippen LogP contribution in [0.4, 0.5) is 0 Å². The molecule has 1 heterocycles. The topological polar surface area (TPSA) is 199 Å². The molecule has 0 aromatic heterocycles. The number of carbonyl (C=O) groups is 5. The average Bonchev–Trinajstić information content (AvgIpc) is 3.25. The van der Waals surface area contributed by atoms with E-state index in [0.29, 0.717) is 12.0 Å². The number of nitrogens with two attached hydrogens (primary N) is 1. The molecule has 3 amide bonds. The molecule has 4 aliphatic rings. The van der Waals surface area contributed by atoms with E-state index >= 15 is 0 Å². The third-order valence-corrected chi connectivity index (χ3v) is 10.1. The van der Waals surface area contributed by atoms with E-state index in [4.69, 9.17) is 5.73 Å². The number of Topliss-reactive ketones (excluding diaryl/α,β-unsaturated/α-hetero) is 2. The monoisotopic (exact) mass is 643 g/mol. The Morgan fingerprint density at radius 3 is 2.23 bits per heavy atom. The van der Waals surface area contributed by atoms with E-state index in [2.05, 4.69) is 6.92 Å². The number of hydrogen-bond acceptors (Lipinski definition) is 10. The van der Waals surface area contributed by atoms with Crippen LogP contribution in [0.5, 0.6) is 5.75 Å². The number of primary amides is 1. The SMILES string of the molecule is CCCCCc1cc(CN2C(=O)c3ccccc3C2=O)c(O)c2c1CC1CC3C(N(C)C)C(=O)C(C(N)=O)=C(O)C3(O)C(=O)C1=C2O. The number of ketones is 2. The zero-order valence-electron chi connectivity index (χ0n) is 26.4. The summed E-state index contributed by atoms with van der Waals surface area (Å²) in [5, 5.41) is 46.5. The largest absolute Gasteiger partial charge is 0.508 e. The van der Waals surface area contributed by atoms with Gasteiger partial charge in [-0.25, -0.2) is 0 Å². The van der Waals surface area contributed by atoms with Crippen LogP contribution in [0.1, 0.15) is 75.6 Å². The third kappa shape index (κ3) is 4.61. The summed E-state index contributed by atoms with van der Waals surface area (Å²) in [6.07, 6.45) is 3.30. The Kier molecular flexibility index (Phi) is 7.84. The molecule has 6 N–H and O–H groups in total. The maximum atomic E-state index is 14.2. The van der Waals surface area contributed by atoms with Gasteiger partial charge in [0.1, 0.15) is 22.8 Å². The summed E-state index contributed by atoms with van der Waals surface area (Å²) in [5.74, 6) is -8.34. The second-order valence-corrected chi connectivity index (χ2v) is 13.1. The number of imide groups is 1. The highest BCUT2D eigenvalue weighted by Gasteiger charge is 2.64. The van der Waals surface area contributed by atoms with Crippen LogP contribution in [0.2, 0.25) is 0 Å². The number of aromatic hydroxyl groups is 1. The van der Waals surface area contributed by atoms with Gasteiger partial charge in [-0.15, -0.1) is 0 Å². The van der Waals surface area contributed by atoms with Crippen molar-refractivity contribution in [2.45, 2.75) is 63.6 Å². The van der Waals surface area contributed by atoms with Crippen molar-refractivity contribution in [3.8, 4) is 5.75 Å². The van der Waals surface area contributed by atoms with Crippen molar-refractivity contribution in [1.82, 2.24) is 9.80 Å². The molecule has 3 aliphatic carbocycles. The van der Waals surface area contributed by atoms with Gasteiger partial charge in [-0.3, -0.25) is 33.8 Å². The van der Waals surface area contributed by atoms with Crippen LogP contribution in [0.3, 0.4) is 0 Å². The number of aryl methyl sites for hydroxylation is 1. The van der Waals surface area contributed by atoms with Crippen molar-refractivity contribution in [3.63, 3.8) is 0 Å². The van der Waals surface area contributed by atoms with Crippen molar-refractivity contribution in [3.05, 3.63) is 80.6 Å². The predicted molar refractivity (Wildman–Crippen MR) is 168 cm³/mol. The van der Waals surface area contributed by atoms with E-state index in [1.807, 2.05) is 0 Å². The van der Waals surface area contributed by atoms with Crippen LogP contribution in [-0.4, -0.2) is 85.3 Å². The fourth-order valence-corrected chi connectivity index (χ4v) is 7.91. The molecule has 4 atom stereocenters. The van der Waals surface area contributed by atoms with Gasteiger partial charge in [0.15, 0.2) is 11.4 Å². The summed E-state index contributed by atoms with van der Waals surface area (Å²) in [6.45, 7) is 1.76. The lowest BCUT2D eigenvalue weighted by atomic mass is 9.57. The molecule has 0 spiro atoms. The minimum absolute atomic E-state index is 0.0162. The molecule has 1 fully saturated rings. The van der Waals surface area contributed by atoms with Crippen molar-refractivity contribution in [2.24, 2.45) is 17.6 Å². The molecule has 246 valence electrons. The van der Waals surface area contributed by atoms with Crippen molar-refractivity contribution in [2.75, 3.05) is 14.1 Å². The van der Waals surface area contributed by atoms with Gasteiger partial charge in [-0.2, -0.15) is 0 Å². The quantitative estimate of drug-likeness (QED) is 0.162. The molecule has 0 saturated heterocycles. The van der Waals surface area contributed by atoms with Gasteiger partial charge in [0.05, 0.1) is 29.3 Å². The van der Waals surface area contributed by atoms with Crippen LogP contribution < -0.4 is 5.73 Å². The van der Waals surface area contributed by atoms with Gasteiger partial charge >= 0.3 is 0 Å². The summed E-state index contributed by atoms with van der Waals surface area (Å²) < 4.78 is 0. The Hall–Kier alpha value is -4.81. The molecule has 0 radical (unpaired) electrons. The number of nitrogens with zero attached hydrogens (tertiary/aromatic N) is 2. The first-order chi connectivity index (χ1) is 22.2. The Bertz CT molecular complexity index is 1810. The second-order valence-electron chi connectivity index (χ2n) is 13.1. The molecule has 47 heavy (non-hydrogen) atoms. The standard InChI is InChI=1S/C35H37N3O9/c1-4-5-6-9-16-12-18(15-38-33(45)19-10-7-8-11-20(19)34(38)46)27(39)24-21(16)13-17-14-22-26(37(2)3)29(41)25(32(36)44)31(43)35(22,47)30(42)23(17)28(24)40/h7-8,10-12,17,22,26,39-40,43,47H,4-6,9,13-15H2,1-3H3,(H2,36,44). The number of phenolic OH excluding ortho intramolecular Hbond substituents is 1. The Morgan fingerprint density at radius 1 is 1.02 bits per heavy atom. The molecule has 2 aromatic rings. The first-order valence-electron chi connectivity index (χ1n) is 15.7. The molecule has 6 rings (SSSR count). The van der Waals surface area contributed by atoms with Crippen molar-refractivity contribution >= 4 is 35.0 Å². The predicted octanol–water partition coefficient (Wildman–Crippen LogP) is 2.49. The lowest BCUT2D eigenvalue weighted by Gasteiger charge is -2.50. The highest BCUT2D eigenvalue weighted by Crippen LogP contribution is 2.53. The van der Waals surface area contributed by atoms with Crippen LogP contribution in [0, 0.1) is 11.8 Å². The second kappa shape index (κ2) is 11.5. The summed E-state index contributed by atoms with van der Waals surface area (Å²) in [5.41, 5.74) is 3.48. The highest BCUT2D eigenvalue weighted by molar-refractivity contribution is 6.24. The smallest absolute Gasteiger partial charge is 0.261 e. The molecular weight excluding hydrogens is 606 g/mol. The maximum absolute atomic E-state index is 14.2. The van der Waals surface area contributed by atoms with Gasteiger partial charge in [0.25, 0.3) is 17.7 Å². The van der Waals surface area contributed by atoms with Gasteiger partial charge in [0.2, 0.25) is 5.78 Å². The zero-order chi connectivity index (χ0) is 34.1. The number of fused-ring (bicyclic) bond motifs is 4. The summed E-state index contributed by atoms with van der Waals surface area (Å²) in [6, 6.07) is 6.96. The Balaban J connectivity index is 1.50. The molecule has 0 bridgehead atoms. The summed E-state index contributed by atoms with van der Waals surface area (Å²) in [4.78, 5) is 68.7.